The number of hydrogen-bond acceptors (Lipinski definition) is 3. The fourth-order valence-corrected chi connectivity index (χ4v) is 2.34. The second-order valence-corrected chi connectivity index (χ2v) is 5.06. The Bertz CT molecular complexity index is 603. The van der Waals surface area contributed by atoms with Crippen molar-refractivity contribution in [2.45, 2.75) is 27.2 Å². The van der Waals surface area contributed by atoms with Gasteiger partial charge in [0.2, 0.25) is 0 Å². The van der Waals surface area contributed by atoms with Crippen molar-refractivity contribution in [1.29, 1.82) is 0 Å². The molecule has 1 aromatic carbocycles. The number of benzene rings is 1. The monoisotopic (exact) mass is 270 g/mol. The Morgan fingerprint density at radius 3 is 2.60 bits per heavy atom. The molecule has 0 fully saturated rings. The molecule has 20 heavy (non-hydrogen) atoms. The third-order valence-electron chi connectivity index (χ3n) is 3.70. The van der Waals surface area contributed by atoms with Crippen LogP contribution in [0.5, 0.6) is 0 Å². The minimum absolute atomic E-state index is 0.208. The first-order chi connectivity index (χ1) is 9.63. The Labute approximate surface area is 120 Å². The number of carbonyl (C=O) groups is 1. The van der Waals surface area contributed by atoms with Gasteiger partial charge in [-0.15, -0.1) is 0 Å². The summed E-state index contributed by atoms with van der Waals surface area (Å²) >= 11 is 0. The molecule has 0 aliphatic carbocycles. The molecule has 0 saturated carbocycles. The smallest absolute Gasteiger partial charge is 0.164 e. The summed E-state index contributed by atoms with van der Waals surface area (Å²) in [7, 11) is 0. The van der Waals surface area contributed by atoms with Crippen LogP contribution in [-0.4, -0.2) is 35.3 Å². The van der Waals surface area contributed by atoms with Gasteiger partial charge in [-0.1, -0.05) is 19.9 Å². The topological polar surface area (TPSA) is 33.2 Å². The summed E-state index contributed by atoms with van der Waals surface area (Å²) in [5.41, 5.74) is 2.73. The highest BCUT2D eigenvalue weighted by Crippen LogP contribution is 2.16. The number of hydrogen-bond donors (Lipinski definition) is 0. The fourth-order valence-electron chi connectivity index (χ4n) is 2.34. The van der Waals surface area contributed by atoms with Crippen molar-refractivity contribution in [3.8, 4) is 0 Å². The van der Waals surface area contributed by atoms with Crippen LogP contribution in [0.1, 0.15) is 36.3 Å². The van der Waals surface area contributed by atoms with Crippen molar-refractivity contribution < 1.29 is 4.79 Å². The van der Waals surface area contributed by atoms with Gasteiger partial charge in [-0.25, -0.2) is 0 Å². The minimum atomic E-state index is 0.208. The second-order valence-electron chi connectivity index (χ2n) is 5.06. The highest BCUT2D eigenvalue weighted by atomic mass is 16.1. The van der Waals surface area contributed by atoms with Crippen molar-refractivity contribution >= 4 is 16.7 Å². The molecule has 2 aromatic rings. The molecule has 0 amide bonds. The number of aryl methyl sites for hydroxylation is 1. The van der Waals surface area contributed by atoms with E-state index in [1.165, 1.54) is 0 Å². The van der Waals surface area contributed by atoms with Gasteiger partial charge >= 0.3 is 0 Å². The van der Waals surface area contributed by atoms with Gasteiger partial charge in [-0.3, -0.25) is 9.78 Å². The molecule has 0 N–H and O–H groups in total. The molecule has 0 bridgehead atoms. The van der Waals surface area contributed by atoms with Crippen LogP contribution in [0, 0.1) is 6.92 Å². The maximum absolute atomic E-state index is 12.2. The van der Waals surface area contributed by atoms with Gasteiger partial charge in [0.25, 0.3) is 0 Å². The van der Waals surface area contributed by atoms with E-state index in [4.69, 9.17) is 0 Å². The van der Waals surface area contributed by atoms with Gasteiger partial charge in [-0.05, 0) is 44.3 Å². The molecule has 1 heterocycles. The Balaban J connectivity index is 2.12. The van der Waals surface area contributed by atoms with E-state index in [0.717, 1.165) is 41.8 Å². The maximum atomic E-state index is 12.2. The lowest BCUT2D eigenvalue weighted by molar-refractivity contribution is 0.0966. The Hall–Kier alpha value is -1.74. The van der Waals surface area contributed by atoms with Crippen LogP contribution in [0.4, 0.5) is 0 Å². The number of ketones is 1. The fraction of sp³-hybridized carbons (Fsp3) is 0.412. The number of carbonyl (C=O) groups excluding carboxylic acids is 1. The quantitative estimate of drug-likeness (QED) is 0.754. The molecule has 106 valence electrons. The average molecular weight is 270 g/mol. The van der Waals surface area contributed by atoms with Crippen LogP contribution >= 0.6 is 0 Å². The normalized spacial score (nSPS) is 11.2. The van der Waals surface area contributed by atoms with Gasteiger partial charge in [0.1, 0.15) is 0 Å². The van der Waals surface area contributed by atoms with Crippen LogP contribution in [0.15, 0.2) is 30.3 Å². The largest absolute Gasteiger partial charge is 0.303 e. The SMILES string of the molecule is CCN(CC)CCC(=O)c1ccc2nc(C)ccc2c1. The molecule has 0 unspecified atom stereocenters. The molecule has 0 atom stereocenters. The van der Waals surface area contributed by atoms with Gasteiger partial charge in [0, 0.05) is 29.6 Å². The first-order valence-electron chi connectivity index (χ1n) is 7.27. The van der Waals surface area contributed by atoms with Gasteiger partial charge in [-0.2, -0.15) is 0 Å². The molecule has 3 heteroatoms. The number of nitrogens with zero attached hydrogens (tertiary/aromatic N) is 2. The van der Waals surface area contributed by atoms with E-state index in [0.29, 0.717) is 6.42 Å². The van der Waals surface area contributed by atoms with Gasteiger partial charge in [0.05, 0.1) is 5.52 Å². The molecule has 0 saturated heterocycles. The second kappa shape index (κ2) is 6.62. The van der Waals surface area contributed by atoms with Gasteiger partial charge < -0.3 is 4.90 Å². The molecular weight excluding hydrogens is 248 g/mol. The van der Waals surface area contributed by atoms with E-state index in [9.17, 15) is 4.79 Å². The number of pyridine rings is 1. The summed E-state index contributed by atoms with van der Waals surface area (Å²) < 4.78 is 0. The van der Waals surface area contributed by atoms with Crippen LogP contribution in [0.3, 0.4) is 0 Å². The lowest BCUT2D eigenvalue weighted by Gasteiger charge is -2.17. The van der Waals surface area contributed by atoms with E-state index in [1.807, 2.05) is 37.3 Å². The molecular formula is C17H22N2O. The summed E-state index contributed by atoms with van der Waals surface area (Å²) in [6.07, 6.45) is 0.576. The first kappa shape index (κ1) is 14.7. The zero-order chi connectivity index (χ0) is 14.5. The van der Waals surface area contributed by atoms with Crippen LogP contribution in [0.2, 0.25) is 0 Å². The number of aromatic nitrogens is 1. The third-order valence-corrected chi connectivity index (χ3v) is 3.70. The van der Waals surface area contributed by atoms with Crippen LogP contribution in [-0.2, 0) is 0 Å². The molecule has 0 aliphatic heterocycles. The molecule has 0 spiro atoms. The summed E-state index contributed by atoms with van der Waals surface area (Å²) in [6, 6.07) is 9.78. The summed E-state index contributed by atoms with van der Waals surface area (Å²) in [4.78, 5) is 19.0. The Morgan fingerprint density at radius 2 is 1.90 bits per heavy atom. The van der Waals surface area contributed by atoms with Crippen molar-refractivity contribution in [1.82, 2.24) is 9.88 Å². The van der Waals surface area contributed by atoms with Crippen LogP contribution < -0.4 is 0 Å². The van der Waals surface area contributed by atoms with E-state index >= 15 is 0 Å². The molecule has 2 rings (SSSR count). The Kier molecular flexibility index (Phi) is 4.85. The lowest BCUT2D eigenvalue weighted by Crippen LogP contribution is -2.25. The van der Waals surface area contributed by atoms with Crippen molar-refractivity contribution in [2.24, 2.45) is 0 Å². The molecule has 1 aromatic heterocycles. The van der Waals surface area contributed by atoms with Gasteiger partial charge in [0.15, 0.2) is 5.78 Å². The van der Waals surface area contributed by atoms with E-state index < -0.39 is 0 Å². The lowest BCUT2D eigenvalue weighted by atomic mass is 10.0. The predicted molar refractivity (Wildman–Crippen MR) is 83.2 cm³/mol. The zero-order valence-electron chi connectivity index (χ0n) is 12.5. The van der Waals surface area contributed by atoms with Crippen molar-refractivity contribution in [2.75, 3.05) is 19.6 Å². The maximum Gasteiger partial charge on any atom is 0.164 e. The molecule has 0 radical (unpaired) electrons. The predicted octanol–water partition coefficient (Wildman–Crippen LogP) is 3.46. The summed E-state index contributed by atoms with van der Waals surface area (Å²) in [6.45, 7) is 9.03. The van der Waals surface area contributed by atoms with Crippen molar-refractivity contribution in [3.63, 3.8) is 0 Å². The summed E-state index contributed by atoms with van der Waals surface area (Å²) in [5.74, 6) is 0.208. The Morgan fingerprint density at radius 1 is 1.15 bits per heavy atom. The van der Waals surface area contributed by atoms with E-state index in [2.05, 4.69) is 23.7 Å². The highest BCUT2D eigenvalue weighted by molar-refractivity contribution is 5.99. The zero-order valence-corrected chi connectivity index (χ0v) is 12.5. The van der Waals surface area contributed by atoms with Crippen LogP contribution in [0.25, 0.3) is 10.9 Å². The number of Topliss-reactive ketones (excluding diaryl/α,β-unsaturated/α-hetero) is 1. The van der Waals surface area contributed by atoms with E-state index in [1.54, 1.807) is 0 Å². The minimum Gasteiger partial charge on any atom is -0.303 e. The molecule has 0 aliphatic rings. The van der Waals surface area contributed by atoms with E-state index in [-0.39, 0.29) is 5.78 Å². The number of rotatable bonds is 6. The standard InChI is InChI=1S/C17H22N2O/c1-4-19(5-2)11-10-17(20)15-8-9-16-14(12-15)7-6-13(3)18-16/h6-9,12H,4-5,10-11H2,1-3H3. The number of fused-ring (bicyclic) bond motifs is 1. The first-order valence-corrected chi connectivity index (χ1v) is 7.27. The summed E-state index contributed by atoms with van der Waals surface area (Å²) in [5, 5.41) is 1.03. The van der Waals surface area contributed by atoms with Crippen molar-refractivity contribution in [3.05, 3.63) is 41.6 Å². The average Bonchev–Trinajstić information content (AvgIpc) is 2.47. The third kappa shape index (κ3) is 3.42. The molecule has 3 nitrogen and oxygen atoms in total. The highest BCUT2D eigenvalue weighted by Gasteiger charge is 2.09.